The fourth-order valence-electron chi connectivity index (χ4n) is 1.80. The molecule has 2 aliphatic rings. The number of methoxy groups -OCH3 is 1. The molecule has 0 bridgehead atoms. The van der Waals surface area contributed by atoms with Crippen molar-refractivity contribution in [1.29, 1.82) is 0 Å². The Morgan fingerprint density at radius 3 is 1.47 bits per heavy atom. The van der Waals surface area contributed by atoms with Gasteiger partial charge in [-0.2, -0.15) is 0 Å². The third-order valence-corrected chi connectivity index (χ3v) is 9.81. The van der Waals surface area contributed by atoms with Gasteiger partial charge in [0, 0.05) is 127 Å². The molecule has 8 nitrogen and oxygen atoms in total. The van der Waals surface area contributed by atoms with E-state index in [2.05, 4.69) is 44.7 Å². The van der Waals surface area contributed by atoms with Crippen molar-refractivity contribution >= 4 is 122 Å². The van der Waals surface area contributed by atoms with Gasteiger partial charge in [-0.3, -0.25) is 19.2 Å². The van der Waals surface area contributed by atoms with Crippen LogP contribution in [0.2, 0.25) is 0 Å². The molecule has 0 aromatic carbocycles. The number of esters is 1. The molecule has 0 saturated carbocycles. The van der Waals surface area contributed by atoms with E-state index < -0.39 is 36.2 Å². The average Bonchev–Trinajstić information content (AvgIpc) is 3.39. The number of hydrogen-bond acceptors (Lipinski definition) is 9. The maximum atomic E-state index is 11.1. The van der Waals surface area contributed by atoms with Gasteiger partial charge in [-0.05, 0) is 6.42 Å². The number of aliphatic carboxylic acids is 3. The van der Waals surface area contributed by atoms with Crippen molar-refractivity contribution < 1.29 is 147 Å². The second-order valence-electron chi connectivity index (χ2n) is 5.17. The van der Waals surface area contributed by atoms with Crippen LogP contribution in [0.5, 0.6) is 0 Å². The third-order valence-electron chi connectivity index (χ3n) is 3.02. The zero-order chi connectivity index (χ0) is 24.2. The van der Waals surface area contributed by atoms with Crippen LogP contribution in [-0.2, 0) is 132 Å². The molecule has 2 aliphatic heterocycles. The number of thioether (sulfide) groups is 4. The number of rotatable bonds is 7. The molecule has 3 N–H and O–H groups in total. The number of hydrogen-bond donors (Lipinski definition) is 3. The minimum atomic E-state index is -1.31. The molecule has 0 aromatic rings. The van der Waals surface area contributed by atoms with Crippen LogP contribution in [0.3, 0.4) is 0 Å². The van der Waals surface area contributed by atoms with Crippen LogP contribution in [0.15, 0.2) is 0 Å². The number of carbonyl (C=O) groups excluding carboxylic acids is 1. The number of carboxylic acids is 3. The Kier molecular flexibility index (Phi) is 48.8. The summed E-state index contributed by atoms with van der Waals surface area (Å²) >= 11 is 17.7. The Labute approximate surface area is 326 Å². The number of halogens is 3. The zero-order valence-corrected chi connectivity index (χ0v) is 36.3. The molecule has 0 spiro atoms. The Balaban J connectivity index is -0.000000120. The minimum Gasteiger partial charge on any atom is 0 e. The van der Waals surface area contributed by atoms with Crippen molar-refractivity contribution in [2.45, 2.75) is 22.0 Å². The van der Waals surface area contributed by atoms with E-state index in [0.717, 1.165) is 17.4 Å². The monoisotopic (exact) mass is 1070 g/mol. The van der Waals surface area contributed by atoms with Crippen LogP contribution in [-0.4, -0.2) is 84.4 Å². The van der Waals surface area contributed by atoms with Crippen molar-refractivity contribution in [1.82, 2.24) is 0 Å². The molecule has 2 saturated heterocycles. The van der Waals surface area contributed by atoms with Crippen molar-refractivity contribution in [3.8, 4) is 0 Å². The maximum absolute atomic E-state index is 11.1. The summed E-state index contributed by atoms with van der Waals surface area (Å²) < 4.78 is 5.36. The molecule has 2 fully saturated rings. The standard InChI is InChI=1S/C8H12O4S2.C4H7ClS2.C3H4O4.2HI.V.3Y/c1-12-8(11)5(7(9)10)4-6-13-2-3-14-6;5-3-4-6-1-2-7-4;4-2(5)1-3(6)7;;;;;;/h5-6H,2-4H2,1H3,(H,9,10);4H,1-3H2;1H2,(H,4,5)(H,6,7);2*1H;;;;/q;;;;;+2;;;/p-2. The Hall–Kier alpha value is 4.93. The zero-order valence-electron chi connectivity index (χ0n) is 18.0. The van der Waals surface area contributed by atoms with Gasteiger partial charge < -0.3 is 20.1 Å². The average molecular weight is 1070 g/mol. The van der Waals surface area contributed by atoms with Crippen molar-refractivity contribution in [3.05, 3.63) is 0 Å². The molecular formula is C15H23ClI2O8S4VY3. The fourth-order valence-corrected chi connectivity index (χ4v) is 7.69. The first-order chi connectivity index (χ1) is 14.6. The van der Waals surface area contributed by atoms with Gasteiger partial charge in [0.25, 0.3) is 0 Å². The predicted octanol–water partition coefficient (Wildman–Crippen LogP) is 4.39. The van der Waals surface area contributed by atoms with Gasteiger partial charge >= 0.3 is 73.3 Å². The summed E-state index contributed by atoms with van der Waals surface area (Å²) in [5, 5.41) is 24.2. The number of carbonyl (C=O) groups is 4. The van der Waals surface area contributed by atoms with Crippen LogP contribution < -0.4 is 0 Å². The SMILES string of the molecule is COC(=O)C(CC1SCCS1)C(=O)O.ClCC1SCCS1.O=C(O)CC(=O)O.[I][V][I].[Y].[Y].[Y]. The first-order valence-electron chi connectivity index (χ1n) is 8.31. The number of carboxylic acid groups (broad SMARTS) is 3. The molecule has 3 radical (unpaired) electrons. The molecule has 0 amide bonds. The fraction of sp³-hybridized carbons (Fsp3) is 0.733. The van der Waals surface area contributed by atoms with E-state index in [1.807, 2.05) is 23.5 Å². The summed E-state index contributed by atoms with van der Waals surface area (Å²) in [7, 11) is 1.84. The normalized spacial score (nSPS) is 14.8. The molecule has 190 valence electrons. The van der Waals surface area contributed by atoms with Crippen LogP contribution in [0.4, 0.5) is 0 Å². The molecule has 19 heteroatoms. The van der Waals surface area contributed by atoms with Crippen LogP contribution in [0.25, 0.3) is 0 Å². The second-order valence-corrected chi connectivity index (χ2v) is 23.1. The van der Waals surface area contributed by atoms with E-state index in [1.54, 1.807) is 23.5 Å². The van der Waals surface area contributed by atoms with E-state index >= 15 is 0 Å². The number of alkyl halides is 1. The molecule has 0 aromatic heterocycles. The smallest absolute Gasteiger partial charge is 0 e. The van der Waals surface area contributed by atoms with Gasteiger partial charge in [0.05, 0.1) is 16.3 Å². The first-order valence-corrected chi connectivity index (χ1v) is 22.1. The van der Waals surface area contributed by atoms with Gasteiger partial charge in [-0.1, -0.05) is 0 Å². The van der Waals surface area contributed by atoms with Crippen LogP contribution in [0, 0.1) is 5.92 Å². The topological polar surface area (TPSA) is 138 Å². The summed E-state index contributed by atoms with van der Waals surface area (Å²) in [4.78, 5) is 40.7. The molecule has 2 heterocycles. The van der Waals surface area contributed by atoms with Gasteiger partial charge in [0.15, 0.2) is 5.92 Å². The quantitative estimate of drug-likeness (QED) is 0.144. The molecular weight excluding hydrogens is 1040 g/mol. The number of ether oxygens (including phenoxy) is 1. The summed E-state index contributed by atoms with van der Waals surface area (Å²) in [6.45, 7) is 0. The van der Waals surface area contributed by atoms with Crippen LogP contribution >= 0.6 is 98.6 Å². The minimum absolute atomic E-state index is 0. The van der Waals surface area contributed by atoms with Crippen molar-refractivity contribution in [3.63, 3.8) is 0 Å². The Morgan fingerprint density at radius 2 is 1.26 bits per heavy atom. The van der Waals surface area contributed by atoms with E-state index in [0.29, 0.717) is 20.5 Å². The van der Waals surface area contributed by atoms with E-state index in [-0.39, 0.29) is 103 Å². The summed E-state index contributed by atoms with van der Waals surface area (Å²) in [5.41, 5.74) is 0. The third kappa shape index (κ3) is 31.5. The van der Waals surface area contributed by atoms with Crippen molar-refractivity contribution in [2.75, 3.05) is 36.0 Å². The van der Waals surface area contributed by atoms with E-state index in [1.165, 1.54) is 18.6 Å². The maximum Gasteiger partial charge on any atom is 0 e. The van der Waals surface area contributed by atoms with Gasteiger partial charge in [0.2, 0.25) is 0 Å². The predicted molar refractivity (Wildman–Crippen MR) is 144 cm³/mol. The molecule has 1 atom stereocenters. The van der Waals surface area contributed by atoms with Gasteiger partial charge in [-0.15, -0.1) is 58.6 Å². The van der Waals surface area contributed by atoms with Gasteiger partial charge in [-0.25, -0.2) is 0 Å². The Morgan fingerprint density at radius 1 is 0.912 bits per heavy atom. The summed E-state index contributed by atoms with van der Waals surface area (Å²) in [5.74, 6) is 0.0872. The summed E-state index contributed by atoms with van der Waals surface area (Å²) in [6.07, 6.45) is -0.447. The van der Waals surface area contributed by atoms with E-state index in [4.69, 9.17) is 26.9 Å². The second kappa shape index (κ2) is 34.1. The Bertz CT molecular complexity index is 544. The molecule has 34 heavy (non-hydrogen) atoms. The molecule has 0 aliphatic carbocycles. The van der Waals surface area contributed by atoms with Crippen LogP contribution in [0.1, 0.15) is 12.8 Å². The van der Waals surface area contributed by atoms with Crippen molar-refractivity contribution in [2.24, 2.45) is 5.92 Å². The van der Waals surface area contributed by atoms with Gasteiger partial charge in [0.1, 0.15) is 6.42 Å². The molecule has 2 rings (SSSR count). The first kappa shape index (κ1) is 48.6. The van der Waals surface area contributed by atoms with E-state index in [9.17, 15) is 19.2 Å². The largest absolute Gasteiger partial charge is 0 e. The molecule has 1 unspecified atom stereocenters. The summed E-state index contributed by atoms with van der Waals surface area (Å²) in [6, 6.07) is 0.